The Labute approximate surface area is 223 Å². The van der Waals surface area contributed by atoms with Crippen LogP contribution in [0.1, 0.15) is 30.7 Å². The molecule has 1 aliphatic rings. The number of likely N-dealkylation sites (N-methyl/N-ethyl adjacent to an activating group) is 1. The fourth-order valence-electron chi connectivity index (χ4n) is 4.98. The third kappa shape index (κ3) is 4.17. The van der Waals surface area contributed by atoms with Gasteiger partial charge in [-0.05, 0) is 43.5 Å². The molecule has 0 fully saturated rings. The maximum atomic E-state index is 13.1. The van der Waals surface area contributed by atoms with Crippen molar-refractivity contribution in [3.63, 3.8) is 0 Å². The number of nitrogen functional groups attached to an aromatic ring is 1. The first-order valence-corrected chi connectivity index (χ1v) is 12.0. The highest BCUT2D eigenvalue weighted by Gasteiger charge is 2.28. The Balaban J connectivity index is 0.00000294. The molecule has 3 N–H and O–H groups in total. The minimum absolute atomic E-state index is 0. The molecule has 194 valence electrons. The zero-order valence-corrected chi connectivity index (χ0v) is 21.6. The average Bonchev–Trinajstić information content (AvgIpc) is 3.30. The molecule has 1 aliphatic heterocycles. The number of nitrogens with two attached hydrogens (primary N) is 1. The highest BCUT2D eigenvalue weighted by Crippen LogP contribution is 2.38. The normalized spacial score (nSPS) is 14.8. The van der Waals surface area contributed by atoms with E-state index in [1.165, 1.54) is 12.5 Å². The summed E-state index contributed by atoms with van der Waals surface area (Å²) in [7, 11) is 2.08. The molecule has 0 aliphatic carbocycles. The van der Waals surface area contributed by atoms with Gasteiger partial charge in [0.1, 0.15) is 35.4 Å². The number of anilines is 1. The van der Waals surface area contributed by atoms with Crippen molar-refractivity contribution in [2.45, 2.75) is 19.4 Å². The van der Waals surface area contributed by atoms with E-state index in [0.717, 1.165) is 36.0 Å². The SMILES string of the molecule is CC(c1oc(=O)c2ccccc2c1C1=CCN(C)CC1)n1nc(-c2cncc(O)c2)c2c(N)ncnc21.Cl. The van der Waals surface area contributed by atoms with E-state index in [9.17, 15) is 9.90 Å². The molecule has 38 heavy (non-hydrogen) atoms. The molecule has 0 spiro atoms. The Kier molecular flexibility index (Phi) is 6.60. The van der Waals surface area contributed by atoms with Crippen molar-refractivity contribution in [2.75, 3.05) is 25.9 Å². The second-order valence-corrected chi connectivity index (χ2v) is 9.27. The van der Waals surface area contributed by atoms with Gasteiger partial charge in [0.25, 0.3) is 0 Å². The maximum absolute atomic E-state index is 13.1. The van der Waals surface area contributed by atoms with Crippen LogP contribution in [0.2, 0.25) is 0 Å². The molecule has 5 heterocycles. The van der Waals surface area contributed by atoms with Gasteiger partial charge in [0, 0.05) is 30.4 Å². The van der Waals surface area contributed by atoms with Crippen molar-refractivity contribution in [3.05, 3.63) is 76.9 Å². The van der Waals surface area contributed by atoms with Crippen LogP contribution in [0.5, 0.6) is 5.75 Å². The molecular formula is C27H26ClN7O3. The predicted octanol–water partition coefficient (Wildman–Crippen LogP) is 4.03. The van der Waals surface area contributed by atoms with Crippen molar-refractivity contribution in [1.29, 1.82) is 0 Å². The number of aromatic hydroxyl groups is 1. The summed E-state index contributed by atoms with van der Waals surface area (Å²) < 4.78 is 7.73. The summed E-state index contributed by atoms with van der Waals surface area (Å²) in [5.41, 5.74) is 9.42. The Hall–Kier alpha value is -4.28. The molecule has 11 heteroatoms. The second kappa shape index (κ2) is 9.88. The van der Waals surface area contributed by atoms with Crippen LogP contribution in [0.15, 0.2) is 64.3 Å². The lowest BCUT2D eigenvalue weighted by Gasteiger charge is -2.25. The first kappa shape index (κ1) is 25.4. The Morgan fingerprint density at radius 3 is 2.68 bits per heavy atom. The van der Waals surface area contributed by atoms with Crippen molar-refractivity contribution < 1.29 is 9.52 Å². The monoisotopic (exact) mass is 531 g/mol. The highest BCUT2D eigenvalue weighted by atomic mass is 35.5. The molecule has 10 nitrogen and oxygen atoms in total. The van der Waals surface area contributed by atoms with Gasteiger partial charge in [0.15, 0.2) is 5.65 Å². The molecule has 0 saturated heterocycles. The molecule has 1 unspecified atom stereocenters. The smallest absolute Gasteiger partial charge is 0.343 e. The average molecular weight is 532 g/mol. The van der Waals surface area contributed by atoms with Gasteiger partial charge in [0.2, 0.25) is 0 Å². The van der Waals surface area contributed by atoms with Crippen molar-refractivity contribution in [3.8, 4) is 17.0 Å². The number of benzene rings is 1. The Bertz CT molecular complexity index is 1760. The second-order valence-electron chi connectivity index (χ2n) is 9.27. The van der Waals surface area contributed by atoms with Crippen LogP contribution in [-0.2, 0) is 0 Å². The first-order valence-electron chi connectivity index (χ1n) is 12.0. The van der Waals surface area contributed by atoms with Gasteiger partial charge in [-0.25, -0.2) is 19.4 Å². The molecule has 5 aromatic rings. The summed E-state index contributed by atoms with van der Waals surface area (Å²) in [5.74, 6) is 0.752. The number of aromatic nitrogens is 5. The van der Waals surface area contributed by atoms with Crippen molar-refractivity contribution in [2.24, 2.45) is 0 Å². The molecule has 0 bridgehead atoms. The molecule has 1 aromatic carbocycles. The van der Waals surface area contributed by atoms with Crippen LogP contribution in [0.4, 0.5) is 5.82 Å². The van der Waals surface area contributed by atoms with Crippen molar-refractivity contribution in [1.82, 2.24) is 29.6 Å². The number of rotatable bonds is 4. The summed E-state index contributed by atoms with van der Waals surface area (Å²) in [4.78, 5) is 28.1. The number of fused-ring (bicyclic) bond motifs is 2. The lowest BCUT2D eigenvalue weighted by Crippen LogP contribution is -2.24. The van der Waals surface area contributed by atoms with E-state index in [1.54, 1.807) is 23.0 Å². The Morgan fingerprint density at radius 2 is 1.95 bits per heavy atom. The first-order chi connectivity index (χ1) is 17.9. The van der Waals surface area contributed by atoms with E-state index in [1.807, 2.05) is 25.1 Å². The van der Waals surface area contributed by atoms with E-state index >= 15 is 0 Å². The number of pyridine rings is 1. The number of hydrogen-bond donors (Lipinski definition) is 2. The number of hydrogen-bond acceptors (Lipinski definition) is 9. The molecule has 6 rings (SSSR count). The lowest BCUT2D eigenvalue weighted by atomic mass is 9.92. The van der Waals surface area contributed by atoms with E-state index < -0.39 is 11.7 Å². The van der Waals surface area contributed by atoms with Gasteiger partial charge >= 0.3 is 5.63 Å². The quantitative estimate of drug-likeness (QED) is 0.352. The lowest BCUT2D eigenvalue weighted by molar-refractivity contribution is 0.368. The van der Waals surface area contributed by atoms with E-state index in [2.05, 4.69) is 33.0 Å². The minimum atomic E-state index is -0.510. The molecule has 0 radical (unpaired) electrons. The van der Waals surface area contributed by atoms with Crippen LogP contribution >= 0.6 is 12.4 Å². The van der Waals surface area contributed by atoms with E-state index in [-0.39, 0.29) is 24.0 Å². The molecule has 1 atom stereocenters. The van der Waals surface area contributed by atoms with Gasteiger partial charge in [-0.3, -0.25) is 4.98 Å². The van der Waals surface area contributed by atoms with Crippen molar-refractivity contribution >= 4 is 45.6 Å². The molecule has 0 amide bonds. The van der Waals surface area contributed by atoms with Crippen LogP contribution in [0, 0.1) is 0 Å². The van der Waals surface area contributed by atoms with Crippen LogP contribution in [0.25, 0.3) is 38.6 Å². The third-order valence-corrected chi connectivity index (χ3v) is 6.86. The topological polar surface area (TPSA) is 136 Å². The standard InChI is InChI=1S/C27H25N7O3.ClH/c1-15(34-26-22(25(28)30-14-31-26)23(32-34)17-11-18(35)13-29-12-17)24-21(16-7-9-33(2)10-8-16)19-5-3-4-6-20(19)27(36)37-24;/h3-7,11-15,35H,8-10H2,1-2H3,(H2,28,30,31);1H. The van der Waals surface area contributed by atoms with Crippen LogP contribution in [0.3, 0.4) is 0 Å². The van der Waals surface area contributed by atoms with Gasteiger partial charge in [-0.1, -0.05) is 24.3 Å². The number of halogens is 1. The summed E-state index contributed by atoms with van der Waals surface area (Å²) >= 11 is 0. The van der Waals surface area contributed by atoms with Gasteiger partial charge in [-0.15, -0.1) is 12.4 Å². The van der Waals surface area contributed by atoms with Crippen LogP contribution in [-0.4, -0.2) is 54.9 Å². The summed E-state index contributed by atoms with van der Waals surface area (Å²) in [5, 5.41) is 16.8. The molecule has 0 saturated carbocycles. The minimum Gasteiger partial charge on any atom is -0.506 e. The largest absolute Gasteiger partial charge is 0.506 e. The maximum Gasteiger partial charge on any atom is 0.343 e. The van der Waals surface area contributed by atoms with Gasteiger partial charge < -0.3 is 20.2 Å². The van der Waals surface area contributed by atoms with Crippen LogP contribution < -0.4 is 11.4 Å². The zero-order valence-electron chi connectivity index (χ0n) is 20.8. The Morgan fingerprint density at radius 1 is 1.16 bits per heavy atom. The zero-order chi connectivity index (χ0) is 25.7. The van der Waals surface area contributed by atoms with Gasteiger partial charge in [-0.2, -0.15) is 5.10 Å². The molecule has 4 aromatic heterocycles. The fraction of sp³-hybridized carbons (Fsp3) is 0.222. The highest BCUT2D eigenvalue weighted by molar-refractivity contribution is 5.98. The fourth-order valence-corrected chi connectivity index (χ4v) is 4.98. The summed E-state index contributed by atoms with van der Waals surface area (Å²) in [6, 6.07) is 8.57. The summed E-state index contributed by atoms with van der Waals surface area (Å²) in [6.07, 6.45) is 7.32. The third-order valence-electron chi connectivity index (χ3n) is 6.86. The predicted molar refractivity (Wildman–Crippen MR) is 148 cm³/mol. The van der Waals surface area contributed by atoms with Gasteiger partial charge in [0.05, 0.1) is 17.0 Å². The van der Waals surface area contributed by atoms with E-state index in [0.29, 0.717) is 33.4 Å². The molecular weight excluding hydrogens is 506 g/mol. The number of nitrogens with zero attached hydrogens (tertiary/aromatic N) is 6. The summed E-state index contributed by atoms with van der Waals surface area (Å²) in [6.45, 7) is 3.62. The van der Waals surface area contributed by atoms with E-state index in [4.69, 9.17) is 15.2 Å².